The minimum atomic E-state index is -0.657. The molecule has 0 amide bonds. The maximum Gasteiger partial charge on any atom is 0.332 e. The van der Waals surface area contributed by atoms with E-state index in [4.69, 9.17) is 22.1 Å². The molecule has 2 heterocycles. The van der Waals surface area contributed by atoms with Gasteiger partial charge >= 0.3 is 5.69 Å². The monoisotopic (exact) mass is 435 g/mol. The molecule has 1 aromatic heterocycles. The van der Waals surface area contributed by atoms with Crippen molar-refractivity contribution in [2.24, 2.45) is 14.1 Å². The number of piperazine rings is 1. The van der Waals surface area contributed by atoms with Crippen molar-refractivity contribution in [3.05, 3.63) is 55.7 Å². The summed E-state index contributed by atoms with van der Waals surface area (Å²) < 4.78 is 7.75. The SMILES string of the molecule is Cn1c(N)c(C(=O)CN2CCN(CCOc3ccccc3Cl)CC2)c(=O)n(C)c1=O. The number of nitrogens with two attached hydrogens (primary N) is 1. The van der Waals surface area contributed by atoms with E-state index in [2.05, 4.69) is 4.90 Å². The van der Waals surface area contributed by atoms with Crippen LogP contribution in [0.25, 0.3) is 0 Å². The minimum absolute atomic E-state index is 0.0849. The molecule has 1 aliphatic rings. The molecule has 9 nitrogen and oxygen atoms in total. The summed E-state index contributed by atoms with van der Waals surface area (Å²) in [5.74, 6) is 0.197. The summed E-state index contributed by atoms with van der Waals surface area (Å²) in [5, 5.41) is 0.588. The Hall–Kier alpha value is -2.62. The molecule has 2 N–H and O–H groups in total. The summed E-state index contributed by atoms with van der Waals surface area (Å²) in [7, 11) is 2.78. The second kappa shape index (κ2) is 9.46. The van der Waals surface area contributed by atoms with Crippen molar-refractivity contribution in [1.82, 2.24) is 18.9 Å². The van der Waals surface area contributed by atoms with Crippen LogP contribution in [0, 0.1) is 0 Å². The third-order valence-electron chi connectivity index (χ3n) is 5.32. The van der Waals surface area contributed by atoms with Crippen LogP contribution in [-0.2, 0) is 14.1 Å². The van der Waals surface area contributed by atoms with Crippen molar-refractivity contribution >= 4 is 23.2 Å². The predicted octanol–water partition coefficient (Wildman–Crippen LogP) is 0.199. The number of hydrogen-bond acceptors (Lipinski definition) is 7. The molecule has 2 aromatic rings. The Labute approximate surface area is 179 Å². The van der Waals surface area contributed by atoms with Crippen molar-refractivity contribution in [2.75, 3.05) is 51.6 Å². The quantitative estimate of drug-likeness (QED) is 0.619. The molecule has 0 atom stereocenters. The first-order valence-electron chi connectivity index (χ1n) is 9.70. The minimum Gasteiger partial charge on any atom is -0.491 e. The third-order valence-corrected chi connectivity index (χ3v) is 5.63. The van der Waals surface area contributed by atoms with E-state index in [9.17, 15) is 14.4 Å². The van der Waals surface area contributed by atoms with Crippen LogP contribution in [0.15, 0.2) is 33.9 Å². The Morgan fingerprint density at radius 2 is 1.70 bits per heavy atom. The average Bonchev–Trinajstić information content (AvgIpc) is 2.73. The fourth-order valence-electron chi connectivity index (χ4n) is 3.42. The van der Waals surface area contributed by atoms with Crippen molar-refractivity contribution in [2.45, 2.75) is 0 Å². The smallest absolute Gasteiger partial charge is 0.332 e. The lowest BCUT2D eigenvalue weighted by Gasteiger charge is -2.34. The average molecular weight is 436 g/mol. The van der Waals surface area contributed by atoms with Gasteiger partial charge in [0.25, 0.3) is 5.56 Å². The number of nitrogens with zero attached hydrogens (tertiary/aromatic N) is 4. The zero-order chi connectivity index (χ0) is 21.8. The van der Waals surface area contributed by atoms with E-state index in [1.54, 1.807) is 6.07 Å². The summed E-state index contributed by atoms with van der Waals surface area (Å²) in [5.41, 5.74) is 4.53. The van der Waals surface area contributed by atoms with E-state index in [0.717, 1.165) is 28.8 Å². The van der Waals surface area contributed by atoms with Gasteiger partial charge in [-0.25, -0.2) is 4.79 Å². The van der Waals surface area contributed by atoms with E-state index in [1.165, 1.54) is 14.1 Å². The van der Waals surface area contributed by atoms with Crippen LogP contribution < -0.4 is 21.7 Å². The molecule has 0 radical (unpaired) electrons. The summed E-state index contributed by atoms with van der Waals surface area (Å²) in [6.45, 7) is 4.28. The number of ketones is 1. The molecule has 1 aliphatic heterocycles. The van der Waals surface area contributed by atoms with Gasteiger partial charge in [-0.1, -0.05) is 23.7 Å². The molecule has 0 saturated carbocycles. The molecule has 1 aromatic carbocycles. The lowest BCUT2D eigenvalue weighted by atomic mass is 10.1. The highest BCUT2D eigenvalue weighted by molar-refractivity contribution is 6.32. The lowest BCUT2D eigenvalue weighted by Crippen LogP contribution is -2.49. The molecule has 0 spiro atoms. The molecule has 3 rings (SSSR count). The normalized spacial score (nSPS) is 15.3. The number of benzene rings is 1. The molecule has 0 aliphatic carbocycles. The number of aromatic nitrogens is 2. The van der Waals surface area contributed by atoms with Gasteiger partial charge in [-0.15, -0.1) is 0 Å². The van der Waals surface area contributed by atoms with Gasteiger partial charge in [0.05, 0.1) is 11.6 Å². The first-order chi connectivity index (χ1) is 14.3. The number of carbonyl (C=O) groups is 1. The molecule has 1 fully saturated rings. The number of ether oxygens (including phenoxy) is 1. The van der Waals surface area contributed by atoms with Gasteiger partial charge in [0.15, 0.2) is 5.78 Å². The Balaban J connectivity index is 1.52. The highest BCUT2D eigenvalue weighted by Gasteiger charge is 2.24. The second-order valence-electron chi connectivity index (χ2n) is 7.29. The number of Topliss-reactive ketones (excluding diaryl/α,β-unsaturated/α-hetero) is 1. The number of hydrogen-bond donors (Lipinski definition) is 1. The van der Waals surface area contributed by atoms with E-state index >= 15 is 0 Å². The van der Waals surface area contributed by atoms with Crippen LogP contribution in [0.2, 0.25) is 5.02 Å². The number of para-hydroxylation sites is 1. The van der Waals surface area contributed by atoms with Gasteiger partial charge in [-0.3, -0.25) is 28.5 Å². The number of rotatable bonds is 7. The zero-order valence-corrected chi connectivity index (χ0v) is 17.9. The molecule has 0 bridgehead atoms. The molecule has 162 valence electrons. The third kappa shape index (κ3) is 4.75. The maximum atomic E-state index is 12.7. The number of nitrogen functional groups attached to an aromatic ring is 1. The molecule has 30 heavy (non-hydrogen) atoms. The van der Waals surface area contributed by atoms with Gasteiger partial charge in [0, 0.05) is 46.8 Å². The largest absolute Gasteiger partial charge is 0.491 e. The summed E-state index contributed by atoms with van der Waals surface area (Å²) in [6, 6.07) is 7.36. The fourth-order valence-corrected chi connectivity index (χ4v) is 3.61. The Morgan fingerprint density at radius 1 is 1.07 bits per heavy atom. The van der Waals surface area contributed by atoms with E-state index in [0.29, 0.717) is 30.5 Å². The topological polar surface area (TPSA) is 103 Å². The van der Waals surface area contributed by atoms with Crippen LogP contribution in [0.1, 0.15) is 10.4 Å². The van der Waals surface area contributed by atoms with Gasteiger partial charge < -0.3 is 10.5 Å². The summed E-state index contributed by atoms with van der Waals surface area (Å²) >= 11 is 6.09. The Bertz CT molecular complexity index is 1040. The van der Waals surface area contributed by atoms with Crippen LogP contribution in [0.3, 0.4) is 0 Å². The highest BCUT2D eigenvalue weighted by Crippen LogP contribution is 2.22. The fraction of sp³-hybridized carbons (Fsp3) is 0.450. The van der Waals surface area contributed by atoms with Crippen molar-refractivity contribution in [1.29, 1.82) is 0 Å². The van der Waals surface area contributed by atoms with Gasteiger partial charge in [0.1, 0.15) is 23.7 Å². The van der Waals surface area contributed by atoms with Gasteiger partial charge in [-0.2, -0.15) is 0 Å². The number of anilines is 1. The second-order valence-corrected chi connectivity index (χ2v) is 7.69. The van der Waals surface area contributed by atoms with Crippen LogP contribution >= 0.6 is 11.6 Å². The van der Waals surface area contributed by atoms with Gasteiger partial charge in [0.2, 0.25) is 0 Å². The Kier molecular flexibility index (Phi) is 6.96. The van der Waals surface area contributed by atoms with E-state index < -0.39 is 11.2 Å². The summed E-state index contributed by atoms with van der Waals surface area (Å²) in [4.78, 5) is 41.2. The maximum absolute atomic E-state index is 12.7. The Morgan fingerprint density at radius 3 is 2.37 bits per heavy atom. The molecule has 1 saturated heterocycles. The first-order valence-corrected chi connectivity index (χ1v) is 10.1. The molecule has 0 unspecified atom stereocenters. The zero-order valence-electron chi connectivity index (χ0n) is 17.1. The van der Waals surface area contributed by atoms with Gasteiger partial charge in [-0.05, 0) is 12.1 Å². The standard InChI is InChI=1S/C20H26ClN5O4/c1-23-18(22)17(19(28)24(2)20(23)29)15(27)13-26-9-7-25(8-10-26)11-12-30-16-6-4-3-5-14(16)21/h3-6H,7-13,22H2,1-2H3. The van der Waals surface area contributed by atoms with Crippen molar-refractivity contribution in [3.63, 3.8) is 0 Å². The predicted molar refractivity (Wildman–Crippen MR) is 115 cm³/mol. The summed E-state index contributed by atoms with van der Waals surface area (Å²) in [6.07, 6.45) is 0. The van der Waals surface area contributed by atoms with Crippen LogP contribution in [-0.4, -0.2) is 70.6 Å². The molecule has 10 heteroatoms. The highest BCUT2D eigenvalue weighted by atomic mass is 35.5. The number of carbonyl (C=O) groups excluding carboxylic acids is 1. The van der Waals surface area contributed by atoms with Crippen LogP contribution in [0.4, 0.5) is 5.82 Å². The van der Waals surface area contributed by atoms with E-state index in [-0.39, 0.29) is 23.7 Å². The molecular formula is C20H26ClN5O4. The first kappa shape index (κ1) is 22.1. The van der Waals surface area contributed by atoms with Crippen molar-refractivity contribution < 1.29 is 9.53 Å². The van der Waals surface area contributed by atoms with E-state index in [1.807, 2.05) is 23.1 Å². The van der Waals surface area contributed by atoms with Crippen molar-refractivity contribution in [3.8, 4) is 5.75 Å². The van der Waals surface area contributed by atoms with Crippen LogP contribution in [0.5, 0.6) is 5.75 Å². The number of halogens is 1. The lowest BCUT2D eigenvalue weighted by molar-refractivity contribution is 0.0829. The molecular weight excluding hydrogens is 410 g/mol.